The van der Waals surface area contributed by atoms with Gasteiger partial charge in [-0.2, -0.15) is 0 Å². The van der Waals surface area contributed by atoms with Gasteiger partial charge in [-0.3, -0.25) is 14.5 Å². The summed E-state index contributed by atoms with van der Waals surface area (Å²) in [5.41, 5.74) is 1.78. The number of halogens is 1. The summed E-state index contributed by atoms with van der Waals surface area (Å²) >= 11 is 4.33. The van der Waals surface area contributed by atoms with E-state index in [0.717, 1.165) is 27.4 Å². The minimum absolute atomic E-state index is 0.241. The Labute approximate surface area is 181 Å². The standard InChI is InChI=1S/C21H20BrNO5S/c1-26-10-9-23-20(24)19(29-21(23)25)12-15-5-8-17(18(11-15)27-2)28-13-14-3-6-16(22)7-4-14/h3-8,11-12H,9-10,13H2,1-2H3/b19-12+. The molecule has 2 aromatic carbocycles. The Balaban J connectivity index is 1.73. The monoisotopic (exact) mass is 477 g/mol. The average molecular weight is 478 g/mol. The van der Waals surface area contributed by atoms with Crippen LogP contribution in [0.2, 0.25) is 0 Å². The first-order valence-electron chi connectivity index (χ1n) is 8.81. The average Bonchev–Trinajstić information content (AvgIpc) is 2.99. The van der Waals surface area contributed by atoms with E-state index in [9.17, 15) is 9.59 Å². The van der Waals surface area contributed by atoms with Gasteiger partial charge in [-0.25, -0.2) is 0 Å². The van der Waals surface area contributed by atoms with Crippen LogP contribution < -0.4 is 9.47 Å². The molecule has 29 heavy (non-hydrogen) atoms. The van der Waals surface area contributed by atoms with E-state index in [1.165, 1.54) is 12.0 Å². The molecule has 2 amide bonds. The zero-order chi connectivity index (χ0) is 20.8. The molecular formula is C21H20BrNO5S. The van der Waals surface area contributed by atoms with E-state index in [1.807, 2.05) is 30.3 Å². The number of amides is 2. The fourth-order valence-corrected chi connectivity index (χ4v) is 3.79. The topological polar surface area (TPSA) is 65.1 Å². The molecule has 0 aromatic heterocycles. The Morgan fingerprint density at radius 1 is 1.07 bits per heavy atom. The number of ether oxygens (including phenoxy) is 3. The lowest BCUT2D eigenvalue weighted by atomic mass is 10.1. The van der Waals surface area contributed by atoms with E-state index in [0.29, 0.717) is 29.6 Å². The summed E-state index contributed by atoms with van der Waals surface area (Å²) in [6, 6.07) is 13.3. The van der Waals surface area contributed by atoms with Gasteiger partial charge in [-0.15, -0.1) is 0 Å². The van der Waals surface area contributed by atoms with Crippen LogP contribution in [-0.4, -0.2) is 43.4 Å². The van der Waals surface area contributed by atoms with Crippen LogP contribution in [0.4, 0.5) is 4.79 Å². The van der Waals surface area contributed by atoms with Crippen molar-refractivity contribution >= 4 is 44.9 Å². The molecule has 1 aliphatic rings. The number of carbonyl (C=O) groups excluding carboxylic acids is 2. The molecule has 6 nitrogen and oxygen atoms in total. The maximum absolute atomic E-state index is 12.4. The third-order valence-corrected chi connectivity index (χ3v) is 5.62. The third kappa shape index (κ3) is 5.41. The molecule has 0 bridgehead atoms. The molecule has 1 aliphatic heterocycles. The molecule has 0 spiro atoms. The first-order chi connectivity index (χ1) is 14.0. The fraction of sp³-hybridized carbons (Fsp3) is 0.238. The zero-order valence-electron chi connectivity index (χ0n) is 16.0. The number of nitrogens with zero attached hydrogens (tertiary/aromatic N) is 1. The molecule has 0 N–H and O–H groups in total. The van der Waals surface area contributed by atoms with Crippen LogP contribution in [0.5, 0.6) is 11.5 Å². The van der Waals surface area contributed by atoms with Crippen LogP contribution in [0.25, 0.3) is 6.08 Å². The van der Waals surface area contributed by atoms with Crippen LogP contribution >= 0.6 is 27.7 Å². The van der Waals surface area contributed by atoms with E-state index in [4.69, 9.17) is 14.2 Å². The smallest absolute Gasteiger partial charge is 0.293 e. The second-order valence-electron chi connectivity index (χ2n) is 6.15. The first-order valence-corrected chi connectivity index (χ1v) is 10.4. The Morgan fingerprint density at radius 2 is 1.83 bits per heavy atom. The quantitative estimate of drug-likeness (QED) is 0.512. The highest BCUT2D eigenvalue weighted by Crippen LogP contribution is 2.34. The Hall–Kier alpha value is -2.29. The zero-order valence-corrected chi connectivity index (χ0v) is 18.4. The van der Waals surface area contributed by atoms with E-state index in [2.05, 4.69) is 15.9 Å². The van der Waals surface area contributed by atoms with Gasteiger partial charge in [0.15, 0.2) is 11.5 Å². The van der Waals surface area contributed by atoms with Crippen LogP contribution in [0.3, 0.4) is 0 Å². The second-order valence-corrected chi connectivity index (χ2v) is 8.06. The van der Waals surface area contributed by atoms with Crippen molar-refractivity contribution in [1.29, 1.82) is 0 Å². The van der Waals surface area contributed by atoms with E-state index in [1.54, 1.807) is 25.3 Å². The van der Waals surface area contributed by atoms with Gasteiger partial charge in [-0.05, 0) is 53.2 Å². The van der Waals surface area contributed by atoms with Crippen molar-refractivity contribution in [3.8, 4) is 11.5 Å². The third-order valence-electron chi connectivity index (χ3n) is 4.19. The number of hydrogen-bond acceptors (Lipinski definition) is 6. The summed E-state index contributed by atoms with van der Waals surface area (Å²) in [6.45, 7) is 0.954. The minimum atomic E-state index is -0.313. The van der Waals surface area contributed by atoms with Gasteiger partial charge in [0.2, 0.25) is 0 Å². The predicted octanol–water partition coefficient (Wildman–Crippen LogP) is 4.72. The molecule has 1 saturated heterocycles. The second kappa shape index (κ2) is 9.96. The van der Waals surface area contributed by atoms with Gasteiger partial charge in [0.1, 0.15) is 6.61 Å². The lowest BCUT2D eigenvalue weighted by molar-refractivity contribution is -0.123. The largest absolute Gasteiger partial charge is 0.493 e. The van der Waals surface area contributed by atoms with E-state index >= 15 is 0 Å². The van der Waals surface area contributed by atoms with Crippen molar-refractivity contribution < 1.29 is 23.8 Å². The fourth-order valence-electron chi connectivity index (χ4n) is 2.66. The number of thioether (sulfide) groups is 1. The molecule has 8 heteroatoms. The molecule has 0 unspecified atom stereocenters. The Kier molecular flexibility index (Phi) is 7.35. The van der Waals surface area contributed by atoms with Crippen molar-refractivity contribution in [2.24, 2.45) is 0 Å². The maximum Gasteiger partial charge on any atom is 0.293 e. The molecule has 1 heterocycles. The van der Waals surface area contributed by atoms with Crippen molar-refractivity contribution in [3.05, 3.63) is 63.0 Å². The van der Waals surface area contributed by atoms with Gasteiger partial charge >= 0.3 is 0 Å². The number of carbonyl (C=O) groups is 2. The van der Waals surface area contributed by atoms with Gasteiger partial charge in [-0.1, -0.05) is 34.1 Å². The van der Waals surface area contributed by atoms with Crippen molar-refractivity contribution in [3.63, 3.8) is 0 Å². The molecule has 0 saturated carbocycles. The molecule has 0 aliphatic carbocycles. The SMILES string of the molecule is COCCN1C(=O)S/C(=C/c2ccc(OCc3ccc(Br)cc3)c(OC)c2)C1=O. The number of rotatable bonds is 8. The molecule has 3 rings (SSSR count). The van der Waals surface area contributed by atoms with Crippen molar-refractivity contribution in [2.45, 2.75) is 6.61 Å². The molecule has 0 atom stereocenters. The number of imide groups is 1. The maximum atomic E-state index is 12.4. The normalized spacial score (nSPS) is 15.3. The Bertz CT molecular complexity index is 929. The number of hydrogen-bond donors (Lipinski definition) is 0. The highest BCUT2D eigenvalue weighted by Gasteiger charge is 2.34. The summed E-state index contributed by atoms with van der Waals surface area (Å²) in [4.78, 5) is 26.0. The summed E-state index contributed by atoms with van der Waals surface area (Å²) in [6.07, 6.45) is 1.68. The van der Waals surface area contributed by atoms with Gasteiger partial charge in [0.05, 0.1) is 25.2 Å². The highest BCUT2D eigenvalue weighted by molar-refractivity contribution is 9.10. The summed E-state index contributed by atoms with van der Waals surface area (Å²) in [7, 11) is 3.09. The van der Waals surface area contributed by atoms with E-state index in [-0.39, 0.29) is 17.7 Å². The van der Waals surface area contributed by atoms with Crippen LogP contribution in [0.1, 0.15) is 11.1 Å². The van der Waals surface area contributed by atoms with Gasteiger partial charge < -0.3 is 14.2 Å². The molecule has 152 valence electrons. The van der Waals surface area contributed by atoms with Crippen LogP contribution in [0.15, 0.2) is 51.8 Å². The molecule has 1 fully saturated rings. The molecular weight excluding hydrogens is 458 g/mol. The predicted molar refractivity (Wildman–Crippen MR) is 116 cm³/mol. The van der Waals surface area contributed by atoms with Gasteiger partial charge in [0.25, 0.3) is 11.1 Å². The summed E-state index contributed by atoms with van der Waals surface area (Å²) in [5.74, 6) is 0.835. The first kappa shape index (κ1) is 21.4. The Morgan fingerprint density at radius 3 is 2.52 bits per heavy atom. The lowest BCUT2D eigenvalue weighted by Gasteiger charge is -2.12. The van der Waals surface area contributed by atoms with Crippen LogP contribution in [0, 0.1) is 0 Å². The molecule has 0 radical (unpaired) electrons. The van der Waals surface area contributed by atoms with Crippen LogP contribution in [-0.2, 0) is 16.1 Å². The number of methoxy groups -OCH3 is 2. The van der Waals surface area contributed by atoms with E-state index < -0.39 is 0 Å². The van der Waals surface area contributed by atoms with Gasteiger partial charge in [0, 0.05) is 11.6 Å². The summed E-state index contributed by atoms with van der Waals surface area (Å²) < 4.78 is 17.3. The molecule has 2 aromatic rings. The minimum Gasteiger partial charge on any atom is -0.493 e. The lowest BCUT2D eigenvalue weighted by Crippen LogP contribution is -2.31. The summed E-state index contributed by atoms with van der Waals surface area (Å²) in [5, 5.41) is -0.292. The van der Waals surface area contributed by atoms with Crippen molar-refractivity contribution in [2.75, 3.05) is 27.4 Å². The van der Waals surface area contributed by atoms with Crippen molar-refractivity contribution in [1.82, 2.24) is 4.90 Å². The number of benzene rings is 2. The highest BCUT2D eigenvalue weighted by atomic mass is 79.9.